The summed E-state index contributed by atoms with van der Waals surface area (Å²) >= 11 is 0. The molecule has 0 aliphatic heterocycles. The van der Waals surface area contributed by atoms with E-state index in [4.69, 9.17) is 0 Å². The molecule has 0 saturated carbocycles. The van der Waals surface area contributed by atoms with Crippen molar-refractivity contribution < 1.29 is 0 Å². The molecule has 0 heterocycles. The Labute approximate surface area is 98.3 Å². The molecule has 0 N–H and O–H groups in total. The number of aryl methyl sites for hydroxylation is 2. The Kier molecular flexibility index (Phi) is 3.61. The zero-order chi connectivity index (χ0) is 11.4. The Bertz CT molecular complexity index is 468. The molecule has 2 aromatic carbocycles. The van der Waals surface area contributed by atoms with E-state index >= 15 is 0 Å². The fourth-order valence-corrected chi connectivity index (χ4v) is 2.30. The average molecular weight is 212 g/mol. The van der Waals surface area contributed by atoms with Gasteiger partial charge >= 0.3 is 0 Å². The fraction of sp³-hybridized carbons (Fsp3) is 0.375. The minimum Gasteiger partial charge on any atom is -0.0654 e. The summed E-state index contributed by atoms with van der Waals surface area (Å²) in [5, 5.41) is 2.86. The van der Waals surface area contributed by atoms with Crippen LogP contribution in [0.15, 0.2) is 36.4 Å². The van der Waals surface area contributed by atoms with Crippen LogP contribution in [0.25, 0.3) is 10.8 Å². The molecular formula is C16H20. The third-order valence-corrected chi connectivity index (χ3v) is 3.28. The van der Waals surface area contributed by atoms with Gasteiger partial charge in [0.15, 0.2) is 0 Å². The standard InChI is InChI=1S/C16H20/c1-3-4-5-8-14-12-11-13(2)15-9-6-7-10-16(14)15/h6-7,9-12H,3-5,8H2,1-2H3. The van der Waals surface area contributed by atoms with Crippen LogP contribution in [-0.4, -0.2) is 0 Å². The van der Waals surface area contributed by atoms with E-state index < -0.39 is 0 Å². The minimum atomic E-state index is 1.22. The van der Waals surface area contributed by atoms with Gasteiger partial charge < -0.3 is 0 Å². The van der Waals surface area contributed by atoms with Crippen molar-refractivity contribution in [1.82, 2.24) is 0 Å². The first kappa shape index (κ1) is 11.2. The molecular weight excluding hydrogens is 192 g/mol. The van der Waals surface area contributed by atoms with Crippen molar-refractivity contribution in [2.24, 2.45) is 0 Å². The molecule has 16 heavy (non-hydrogen) atoms. The number of benzene rings is 2. The second kappa shape index (κ2) is 5.16. The van der Waals surface area contributed by atoms with Gasteiger partial charge in [-0.25, -0.2) is 0 Å². The molecule has 0 aliphatic rings. The van der Waals surface area contributed by atoms with Crippen molar-refractivity contribution in [3.8, 4) is 0 Å². The van der Waals surface area contributed by atoms with E-state index in [1.54, 1.807) is 0 Å². The van der Waals surface area contributed by atoms with Gasteiger partial charge in [0.05, 0.1) is 0 Å². The highest BCUT2D eigenvalue weighted by Crippen LogP contribution is 2.23. The lowest BCUT2D eigenvalue weighted by Crippen LogP contribution is -1.89. The Morgan fingerprint density at radius 3 is 2.38 bits per heavy atom. The highest BCUT2D eigenvalue weighted by Gasteiger charge is 2.02. The molecule has 0 heteroatoms. The van der Waals surface area contributed by atoms with E-state index in [2.05, 4.69) is 50.2 Å². The van der Waals surface area contributed by atoms with E-state index in [0.29, 0.717) is 0 Å². The summed E-state index contributed by atoms with van der Waals surface area (Å²) in [6, 6.07) is 13.3. The molecule has 0 amide bonds. The smallest absolute Gasteiger partial charge is 0.0149 e. The molecule has 2 aromatic rings. The lowest BCUT2D eigenvalue weighted by Gasteiger charge is -2.08. The topological polar surface area (TPSA) is 0 Å². The summed E-state index contributed by atoms with van der Waals surface area (Å²) in [6.07, 6.45) is 5.16. The molecule has 0 nitrogen and oxygen atoms in total. The van der Waals surface area contributed by atoms with Gasteiger partial charge in [0, 0.05) is 0 Å². The molecule has 84 valence electrons. The first-order valence-corrected chi connectivity index (χ1v) is 6.30. The van der Waals surface area contributed by atoms with Crippen molar-refractivity contribution in [3.05, 3.63) is 47.5 Å². The number of hydrogen-bond donors (Lipinski definition) is 0. The van der Waals surface area contributed by atoms with Crippen molar-refractivity contribution in [2.75, 3.05) is 0 Å². The third kappa shape index (κ3) is 2.27. The summed E-state index contributed by atoms with van der Waals surface area (Å²) < 4.78 is 0. The largest absolute Gasteiger partial charge is 0.0654 e. The van der Waals surface area contributed by atoms with Gasteiger partial charge in [-0.3, -0.25) is 0 Å². The zero-order valence-corrected chi connectivity index (χ0v) is 10.3. The third-order valence-electron chi connectivity index (χ3n) is 3.28. The monoisotopic (exact) mass is 212 g/mol. The number of hydrogen-bond acceptors (Lipinski definition) is 0. The van der Waals surface area contributed by atoms with Gasteiger partial charge in [0.25, 0.3) is 0 Å². The zero-order valence-electron chi connectivity index (χ0n) is 10.3. The second-order valence-electron chi connectivity index (χ2n) is 4.54. The Balaban J connectivity index is 2.35. The fourth-order valence-electron chi connectivity index (χ4n) is 2.30. The highest BCUT2D eigenvalue weighted by atomic mass is 14.1. The van der Waals surface area contributed by atoms with Gasteiger partial charge in [-0.2, -0.15) is 0 Å². The number of unbranched alkanes of at least 4 members (excludes halogenated alkanes) is 2. The van der Waals surface area contributed by atoms with Gasteiger partial charge in [0.2, 0.25) is 0 Å². The van der Waals surface area contributed by atoms with E-state index in [-0.39, 0.29) is 0 Å². The highest BCUT2D eigenvalue weighted by molar-refractivity contribution is 5.88. The first-order chi connectivity index (χ1) is 7.83. The van der Waals surface area contributed by atoms with Crippen LogP contribution in [-0.2, 0) is 6.42 Å². The number of rotatable bonds is 4. The van der Waals surface area contributed by atoms with Crippen LogP contribution >= 0.6 is 0 Å². The summed E-state index contributed by atoms with van der Waals surface area (Å²) in [5.41, 5.74) is 2.89. The van der Waals surface area contributed by atoms with Crippen LogP contribution in [0.2, 0.25) is 0 Å². The maximum Gasteiger partial charge on any atom is -0.0149 e. The summed E-state index contributed by atoms with van der Waals surface area (Å²) in [7, 11) is 0. The Morgan fingerprint density at radius 2 is 1.62 bits per heavy atom. The lowest BCUT2D eigenvalue weighted by atomic mass is 9.97. The molecule has 0 fully saturated rings. The molecule has 0 saturated heterocycles. The Morgan fingerprint density at radius 1 is 0.875 bits per heavy atom. The molecule has 0 aliphatic carbocycles. The van der Waals surface area contributed by atoms with Crippen molar-refractivity contribution >= 4 is 10.8 Å². The van der Waals surface area contributed by atoms with Crippen LogP contribution in [0.3, 0.4) is 0 Å². The SMILES string of the molecule is CCCCCc1ccc(C)c2ccccc12. The van der Waals surface area contributed by atoms with Gasteiger partial charge in [-0.05, 0) is 41.7 Å². The van der Waals surface area contributed by atoms with Crippen molar-refractivity contribution in [2.45, 2.75) is 39.5 Å². The van der Waals surface area contributed by atoms with Crippen LogP contribution < -0.4 is 0 Å². The number of fused-ring (bicyclic) bond motifs is 1. The molecule has 0 aromatic heterocycles. The minimum absolute atomic E-state index is 1.22. The predicted molar refractivity (Wildman–Crippen MR) is 71.9 cm³/mol. The van der Waals surface area contributed by atoms with Gasteiger partial charge in [-0.1, -0.05) is 56.2 Å². The summed E-state index contributed by atoms with van der Waals surface area (Å²) in [5.74, 6) is 0. The maximum absolute atomic E-state index is 2.30. The second-order valence-corrected chi connectivity index (χ2v) is 4.54. The molecule has 0 atom stereocenters. The molecule has 0 unspecified atom stereocenters. The quantitative estimate of drug-likeness (QED) is 0.633. The van der Waals surface area contributed by atoms with Gasteiger partial charge in [-0.15, -0.1) is 0 Å². The molecule has 0 radical (unpaired) electrons. The molecule has 2 rings (SSSR count). The lowest BCUT2D eigenvalue weighted by molar-refractivity contribution is 0.719. The van der Waals surface area contributed by atoms with E-state index in [0.717, 1.165) is 0 Å². The Hall–Kier alpha value is -1.30. The predicted octanol–water partition coefficient (Wildman–Crippen LogP) is 4.88. The van der Waals surface area contributed by atoms with Crippen LogP contribution in [0, 0.1) is 6.92 Å². The van der Waals surface area contributed by atoms with Crippen molar-refractivity contribution in [1.29, 1.82) is 0 Å². The van der Waals surface area contributed by atoms with Crippen LogP contribution in [0.4, 0.5) is 0 Å². The first-order valence-electron chi connectivity index (χ1n) is 6.30. The van der Waals surface area contributed by atoms with Gasteiger partial charge in [0.1, 0.15) is 0 Å². The molecule has 0 spiro atoms. The normalized spacial score (nSPS) is 10.9. The van der Waals surface area contributed by atoms with Crippen molar-refractivity contribution in [3.63, 3.8) is 0 Å². The maximum atomic E-state index is 2.30. The van der Waals surface area contributed by atoms with Crippen LogP contribution in [0.1, 0.15) is 37.3 Å². The summed E-state index contributed by atoms with van der Waals surface area (Å²) in [6.45, 7) is 4.45. The molecule has 0 bridgehead atoms. The summed E-state index contributed by atoms with van der Waals surface area (Å²) in [4.78, 5) is 0. The van der Waals surface area contributed by atoms with E-state index in [1.165, 1.54) is 47.6 Å². The van der Waals surface area contributed by atoms with Crippen LogP contribution in [0.5, 0.6) is 0 Å². The van der Waals surface area contributed by atoms with E-state index in [9.17, 15) is 0 Å². The van der Waals surface area contributed by atoms with E-state index in [1.807, 2.05) is 0 Å². The average Bonchev–Trinajstić information content (AvgIpc) is 2.33.